The Labute approximate surface area is 103 Å². The van der Waals surface area contributed by atoms with Gasteiger partial charge in [0.05, 0.1) is 13.2 Å². The van der Waals surface area contributed by atoms with Crippen molar-refractivity contribution in [3.05, 3.63) is 23.5 Å². The van der Waals surface area contributed by atoms with Crippen molar-refractivity contribution in [2.24, 2.45) is 0 Å². The van der Waals surface area contributed by atoms with Crippen molar-refractivity contribution in [2.75, 3.05) is 12.4 Å². The van der Waals surface area contributed by atoms with Gasteiger partial charge >= 0.3 is 6.01 Å². The second-order valence-electron chi connectivity index (χ2n) is 3.26. The van der Waals surface area contributed by atoms with Gasteiger partial charge in [-0.2, -0.15) is 15.0 Å². The lowest BCUT2D eigenvalue weighted by molar-refractivity contribution is 0.378. The number of hydrogen-bond acceptors (Lipinski definition) is 6. The van der Waals surface area contributed by atoms with E-state index in [1.807, 2.05) is 6.92 Å². The maximum atomic E-state index is 5.73. The fourth-order valence-corrected chi connectivity index (χ4v) is 1.42. The number of nitrogens with one attached hydrogen (secondary N) is 2. The van der Waals surface area contributed by atoms with Gasteiger partial charge in [-0.1, -0.05) is 0 Å². The van der Waals surface area contributed by atoms with Gasteiger partial charge in [0.25, 0.3) is 0 Å². The van der Waals surface area contributed by atoms with Gasteiger partial charge in [-0.3, -0.25) is 0 Å². The Kier molecular flexibility index (Phi) is 3.38. The first-order chi connectivity index (χ1) is 8.19. The third-order valence-electron chi connectivity index (χ3n) is 2.05. The lowest BCUT2D eigenvalue weighted by Crippen LogP contribution is -2.12. The predicted octanol–water partition coefficient (Wildman–Crippen LogP) is 1.43. The van der Waals surface area contributed by atoms with E-state index in [1.54, 1.807) is 12.4 Å². The molecule has 0 aromatic carbocycles. The Morgan fingerprint density at radius 2 is 2.24 bits per heavy atom. The Balaban J connectivity index is 2.15. The summed E-state index contributed by atoms with van der Waals surface area (Å²) >= 11 is 5.73. The minimum absolute atomic E-state index is 0.0750. The average Bonchev–Trinajstić information content (AvgIpc) is 2.81. The molecule has 0 amide bonds. The van der Waals surface area contributed by atoms with Gasteiger partial charge in [0.1, 0.15) is 5.82 Å². The van der Waals surface area contributed by atoms with Crippen LogP contribution in [-0.2, 0) is 0 Å². The normalized spacial score (nSPS) is 12.2. The Morgan fingerprint density at radius 3 is 2.88 bits per heavy atom. The molecule has 7 nitrogen and oxygen atoms in total. The van der Waals surface area contributed by atoms with Gasteiger partial charge in [-0.25, -0.2) is 4.98 Å². The quantitative estimate of drug-likeness (QED) is 0.858. The minimum Gasteiger partial charge on any atom is -0.467 e. The molecule has 8 heteroatoms. The number of aromatic amines is 1. The molecule has 2 heterocycles. The second kappa shape index (κ2) is 4.96. The number of ether oxygens (including phenoxy) is 1. The fourth-order valence-electron chi connectivity index (χ4n) is 1.26. The molecular weight excluding hydrogens is 244 g/mol. The molecule has 2 rings (SSSR count). The molecule has 0 saturated carbocycles. The van der Waals surface area contributed by atoms with E-state index in [1.165, 1.54) is 7.11 Å². The largest absolute Gasteiger partial charge is 0.467 e. The van der Waals surface area contributed by atoms with E-state index < -0.39 is 0 Å². The topological polar surface area (TPSA) is 88.6 Å². The molecule has 2 aromatic rings. The second-order valence-corrected chi connectivity index (χ2v) is 3.59. The van der Waals surface area contributed by atoms with Crippen LogP contribution in [0.4, 0.5) is 5.95 Å². The van der Waals surface area contributed by atoms with Crippen molar-refractivity contribution >= 4 is 17.5 Å². The zero-order valence-electron chi connectivity index (χ0n) is 9.31. The van der Waals surface area contributed by atoms with Crippen LogP contribution in [0.15, 0.2) is 12.4 Å². The number of imidazole rings is 1. The zero-order chi connectivity index (χ0) is 12.3. The number of halogens is 1. The number of nitrogens with zero attached hydrogens (tertiary/aromatic N) is 4. The van der Waals surface area contributed by atoms with E-state index in [0.29, 0.717) is 5.95 Å². The predicted molar refractivity (Wildman–Crippen MR) is 62.0 cm³/mol. The van der Waals surface area contributed by atoms with E-state index in [0.717, 1.165) is 5.82 Å². The summed E-state index contributed by atoms with van der Waals surface area (Å²) in [6.45, 7) is 1.92. The standard InChI is InChI=1S/C9H11ClN6O/c1-5(6-11-3-4-12-6)13-8-14-7(10)15-9(16-8)17-2/h3-5H,1-2H3,(H,11,12)(H,13,14,15,16). The summed E-state index contributed by atoms with van der Waals surface area (Å²) in [5.41, 5.74) is 0. The number of methoxy groups -OCH3 is 1. The third kappa shape index (κ3) is 2.82. The summed E-state index contributed by atoms with van der Waals surface area (Å²) in [6, 6.07) is 0.0901. The molecule has 0 aliphatic carbocycles. The molecule has 17 heavy (non-hydrogen) atoms. The van der Waals surface area contributed by atoms with Crippen molar-refractivity contribution < 1.29 is 4.74 Å². The monoisotopic (exact) mass is 254 g/mol. The first-order valence-corrected chi connectivity index (χ1v) is 5.28. The van der Waals surface area contributed by atoms with E-state index in [4.69, 9.17) is 16.3 Å². The number of aromatic nitrogens is 5. The highest BCUT2D eigenvalue weighted by molar-refractivity contribution is 6.28. The van der Waals surface area contributed by atoms with Crippen LogP contribution < -0.4 is 10.1 Å². The maximum Gasteiger partial charge on any atom is 0.322 e. The number of H-pyrrole nitrogens is 1. The summed E-state index contributed by atoms with van der Waals surface area (Å²) in [5.74, 6) is 1.12. The summed E-state index contributed by atoms with van der Waals surface area (Å²) < 4.78 is 4.90. The van der Waals surface area contributed by atoms with Crippen LogP contribution in [0.2, 0.25) is 5.28 Å². The summed E-state index contributed by atoms with van der Waals surface area (Å²) in [7, 11) is 1.46. The zero-order valence-corrected chi connectivity index (χ0v) is 10.1. The van der Waals surface area contributed by atoms with Gasteiger partial charge in [0, 0.05) is 12.4 Å². The van der Waals surface area contributed by atoms with Gasteiger partial charge < -0.3 is 15.0 Å². The highest BCUT2D eigenvalue weighted by atomic mass is 35.5. The number of hydrogen-bond donors (Lipinski definition) is 2. The van der Waals surface area contributed by atoms with Crippen LogP contribution in [0.3, 0.4) is 0 Å². The molecule has 90 valence electrons. The van der Waals surface area contributed by atoms with Crippen LogP contribution >= 0.6 is 11.6 Å². The molecule has 0 radical (unpaired) electrons. The van der Waals surface area contributed by atoms with Crippen LogP contribution in [0.1, 0.15) is 18.8 Å². The van der Waals surface area contributed by atoms with Gasteiger partial charge in [-0.05, 0) is 18.5 Å². The SMILES string of the molecule is COc1nc(Cl)nc(NC(C)c2ncc[nH]2)n1. The number of rotatable bonds is 4. The van der Waals surface area contributed by atoms with Crippen LogP contribution in [-0.4, -0.2) is 32.0 Å². The van der Waals surface area contributed by atoms with Crippen molar-refractivity contribution in [1.82, 2.24) is 24.9 Å². The molecule has 0 aliphatic rings. The molecule has 0 fully saturated rings. The van der Waals surface area contributed by atoms with Gasteiger partial charge in [-0.15, -0.1) is 0 Å². The van der Waals surface area contributed by atoms with E-state index in [2.05, 4.69) is 30.2 Å². The molecule has 0 aliphatic heterocycles. The van der Waals surface area contributed by atoms with E-state index in [9.17, 15) is 0 Å². The van der Waals surface area contributed by atoms with Gasteiger partial charge in [0.2, 0.25) is 11.2 Å². The Morgan fingerprint density at radius 1 is 1.41 bits per heavy atom. The lowest BCUT2D eigenvalue weighted by atomic mass is 10.3. The maximum absolute atomic E-state index is 5.73. The number of anilines is 1. The third-order valence-corrected chi connectivity index (χ3v) is 2.21. The molecule has 2 N–H and O–H groups in total. The first kappa shape index (κ1) is 11.6. The minimum atomic E-state index is -0.0758. The summed E-state index contributed by atoms with van der Waals surface area (Å²) in [5, 5.41) is 3.11. The molecule has 1 unspecified atom stereocenters. The summed E-state index contributed by atoms with van der Waals surface area (Å²) in [4.78, 5) is 18.9. The van der Waals surface area contributed by atoms with E-state index >= 15 is 0 Å². The lowest BCUT2D eigenvalue weighted by Gasteiger charge is -2.11. The van der Waals surface area contributed by atoms with Crippen molar-refractivity contribution in [3.63, 3.8) is 0 Å². The van der Waals surface area contributed by atoms with E-state index in [-0.39, 0.29) is 17.3 Å². The average molecular weight is 255 g/mol. The van der Waals surface area contributed by atoms with Gasteiger partial charge in [0.15, 0.2) is 0 Å². The molecular formula is C9H11ClN6O. The summed E-state index contributed by atoms with van der Waals surface area (Å²) in [6.07, 6.45) is 3.42. The molecule has 2 aromatic heterocycles. The molecule has 1 atom stereocenters. The van der Waals surface area contributed by atoms with Crippen LogP contribution in [0.25, 0.3) is 0 Å². The fraction of sp³-hybridized carbons (Fsp3) is 0.333. The Bertz CT molecular complexity index is 488. The highest BCUT2D eigenvalue weighted by Gasteiger charge is 2.11. The highest BCUT2D eigenvalue weighted by Crippen LogP contribution is 2.16. The van der Waals surface area contributed by atoms with Crippen LogP contribution in [0, 0.1) is 0 Å². The first-order valence-electron chi connectivity index (χ1n) is 4.90. The van der Waals surface area contributed by atoms with Crippen molar-refractivity contribution in [2.45, 2.75) is 13.0 Å². The van der Waals surface area contributed by atoms with Crippen molar-refractivity contribution in [1.29, 1.82) is 0 Å². The Hall–Kier alpha value is -1.89. The smallest absolute Gasteiger partial charge is 0.322 e. The molecule has 0 spiro atoms. The molecule has 0 saturated heterocycles. The van der Waals surface area contributed by atoms with Crippen molar-refractivity contribution in [3.8, 4) is 6.01 Å². The van der Waals surface area contributed by atoms with Crippen LogP contribution in [0.5, 0.6) is 6.01 Å². The molecule has 0 bridgehead atoms.